The molecule has 2 atom stereocenters. The largest absolute Gasteiger partial charge is 0.497 e. The molecule has 4 heteroatoms. The van der Waals surface area contributed by atoms with Gasteiger partial charge >= 0.3 is 5.97 Å². The average Bonchev–Trinajstić information content (AvgIpc) is 2.96. The summed E-state index contributed by atoms with van der Waals surface area (Å²) >= 11 is 0. The van der Waals surface area contributed by atoms with E-state index < -0.39 is 0 Å². The van der Waals surface area contributed by atoms with Crippen LogP contribution in [0.5, 0.6) is 5.75 Å². The highest BCUT2D eigenvalue weighted by molar-refractivity contribution is 6.00. The predicted octanol–water partition coefficient (Wildman–Crippen LogP) is 2.86. The van der Waals surface area contributed by atoms with Crippen molar-refractivity contribution in [2.75, 3.05) is 13.7 Å². The van der Waals surface area contributed by atoms with Crippen LogP contribution >= 0.6 is 0 Å². The van der Waals surface area contributed by atoms with Gasteiger partial charge in [-0.05, 0) is 44.0 Å². The number of methoxy groups -OCH3 is 1. The van der Waals surface area contributed by atoms with Crippen LogP contribution in [0.2, 0.25) is 0 Å². The summed E-state index contributed by atoms with van der Waals surface area (Å²) in [5.74, 6) is -0.0259. The van der Waals surface area contributed by atoms with Crippen molar-refractivity contribution in [3.05, 3.63) is 29.8 Å². The first-order valence-corrected chi connectivity index (χ1v) is 7.02. The maximum absolute atomic E-state index is 12.5. The Morgan fingerprint density at radius 1 is 1.15 bits per heavy atom. The van der Waals surface area contributed by atoms with E-state index in [-0.39, 0.29) is 23.6 Å². The molecule has 0 aliphatic heterocycles. The van der Waals surface area contributed by atoms with Crippen LogP contribution in [-0.2, 0) is 9.53 Å². The minimum Gasteiger partial charge on any atom is -0.497 e. The molecule has 1 aliphatic carbocycles. The van der Waals surface area contributed by atoms with Crippen LogP contribution in [0.4, 0.5) is 0 Å². The Labute approximate surface area is 119 Å². The molecule has 0 spiro atoms. The summed E-state index contributed by atoms with van der Waals surface area (Å²) in [4.78, 5) is 24.4. The number of rotatable bonds is 5. The van der Waals surface area contributed by atoms with Gasteiger partial charge in [-0.2, -0.15) is 0 Å². The lowest BCUT2D eigenvalue weighted by atomic mass is 9.88. The topological polar surface area (TPSA) is 52.6 Å². The Hall–Kier alpha value is -1.84. The second kappa shape index (κ2) is 6.55. The normalized spacial score (nSPS) is 21.5. The lowest BCUT2D eigenvalue weighted by molar-refractivity contribution is -0.148. The number of ketones is 1. The summed E-state index contributed by atoms with van der Waals surface area (Å²) in [5, 5.41) is 0. The molecule has 0 aromatic heterocycles. The third-order valence-electron chi connectivity index (χ3n) is 3.82. The Kier molecular flexibility index (Phi) is 4.77. The van der Waals surface area contributed by atoms with E-state index in [2.05, 4.69) is 0 Å². The van der Waals surface area contributed by atoms with Gasteiger partial charge in [-0.15, -0.1) is 0 Å². The number of Topliss-reactive ketones (excluding diaryl/α,β-unsaturated/α-hetero) is 1. The number of carbonyl (C=O) groups is 2. The monoisotopic (exact) mass is 276 g/mol. The van der Waals surface area contributed by atoms with Gasteiger partial charge in [0.05, 0.1) is 19.6 Å². The summed E-state index contributed by atoms with van der Waals surface area (Å²) < 4.78 is 10.1. The van der Waals surface area contributed by atoms with E-state index in [0.717, 1.165) is 25.0 Å². The molecule has 1 aliphatic rings. The highest BCUT2D eigenvalue weighted by atomic mass is 16.5. The minimum absolute atomic E-state index is 0.0307. The minimum atomic E-state index is -0.287. The number of hydrogen-bond donors (Lipinski definition) is 0. The molecule has 1 aromatic rings. The molecule has 0 saturated heterocycles. The molecule has 1 fully saturated rings. The van der Waals surface area contributed by atoms with Gasteiger partial charge < -0.3 is 9.47 Å². The summed E-state index contributed by atoms with van der Waals surface area (Å²) in [6, 6.07) is 7.03. The Morgan fingerprint density at radius 3 is 2.40 bits per heavy atom. The van der Waals surface area contributed by atoms with Crippen molar-refractivity contribution >= 4 is 11.8 Å². The maximum Gasteiger partial charge on any atom is 0.309 e. The highest BCUT2D eigenvalue weighted by Crippen LogP contribution is 2.35. The zero-order valence-electron chi connectivity index (χ0n) is 11.9. The standard InChI is InChI=1S/C16H20O4/c1-3-20-16(18)14-6-4-5-13(14)15(17)11-7-9-12(19-2)10-8-11/h7-10,13-14H,3-6H2,1-2H3/t13-,14+/m0/s1. The molecule has 1 saturated carbocycles. The third-order valence-corrected chi connectivity index (χ3v) is 3.82. The van der Waals surface area contributed by atoms with E-state index in [4.69, 9.17) is 9.47 Å². The van der Waals surface area contributed by atoms with Crippen LogP contribution in [0, 0.1) is 11.8 Å². The predicted molar refractivity (Wildman–Crippen MR) is 74.8 cm³/mol. The third kappa shape index (κ3) is 3.00. The van der Waals surface area contributed by atoms with Crippen LogP contribution in [0.25, 0.3) is 0 Å². The van der Waals surface area contributed by atoms with Gasteiger partial charge in [-0.25, -0.2) is 0 Å². The lowest BCUT2D eigenvalue weighted by Gasteiger charge is -2.17. The molecule has 0 amide bonds. The van der Waals surface area contributed by atoms with E-state index in [0.29, 0.717) is 12.2 Å². The molecule has 0 heterocycles. The molecule has 20 heavy (non-hydrogen) atoms. The fourth-order valence-electron chi connectivity index (χ4n) is 2.77. The van der Waals surface area contributed by atoms with Gasteiger partial charge in [0, 0.05) is 11.5 Å². The molecule has 4 nitrogen and oxygen atoms in total. The van der Waals surface area contributed by atoms with E-state index in [1.807, 2.05) is 0 Å². The quantitative estimate of drug-likeness (QED) is 0.613. The molecule has 0 radical (unpaired) electrons. The summed E-state index contributed by atoms with van der Waals surface area (Å²) in [7, 11) is 1.59. The number of benzene rings is 1. The molecule has 2 rings (SSSR count). The fourth-order valence-corrected chi connectivity index (χ4v) is 2.77. The van der Waals surface area contributed by atoms with Crippen LogP contribution in [0.1, 0.15) is 36.5 Å². The van der Waals surface area contributed by atoms with Crippen molar-refractivity contribution in [1.82, 2.24) is 0 Å². The van der Waals surface area contributed by atoms with Crippen LogP contribution in [0.15, 0.2) is 24.3 Å². The number of esters is 1. The second-order valence-corrected chi connectivity index (χ2v) is 4.99. The average molecular weight is 276 g/mol. The van der Waals surface area contributed by atoms with E-state index in [1.165, 1.54) is 0 Å². The smallest absolute Gasteiger partial charge is 0.309 e. The van der Waals surface area contributed by atoms with Crippen molar-refractivity contribution in [3.8, 4) is 5.75 Å². The number of carbonyl (C=O) groups excluding carboxylic acids is 2. The van der Waals surface area contributed by atoms with Crippen molar-refractivity contribution in [2.45, 2.75) is 26.2 Å². The molecule has 0 bridgehead atoms. The molecular weight excluding hydrogens is 256 g/mol. The molecule has 0 unspecified atom stereocenters. The SMILES string of the molecule is CCOC(=O)[C@@H]1CCC[C@@H]1C(=O)c1ccc(OC)cc1. The van der Waals surface area contributed by atoms with Crippen molar-refractivity contribution in [1.29, 1.82) is 0 Å². The van der Waals surface area contributed by atoms with Gasteiger partial charge in [0.25, 0.3) is 0 Å². The zero-order chi connectivity index (χ0) is 14.5. The zero-order valence-corrected chi connectivity index (χ0v) is 11.9. The van der Waals surface area contributed by atoms with Gasteiger partial charge in [-0.3, -0.25) is 9.59 Å². The molecule has 108 valence electrons. The molecule has 0 N–H and O–H groups in total. The van der Waals surface area contributed by atoms with E-state index in [9.17, 15) is 9.59 Å². The van der Waals surface area contributed by atoms with Crippen LogP contribution in [0.3, 0.4) is 0 Å². The fraction of sp³-hybridized carbons (Fsp3) is 0.500. The van der Waals surface area contributed by atoms with Crippen molar-refractivity contribution in [3.63, 3.8) is 0 Å². The van der Waals surface area contributed by atoms with Gasteiger partial charge in [0.1, 0.15) is 5.75 Å². The summed E-state index contributed by atoms with van der Waals surface area (Å²) in [5.41, 5.74) is 0.631. The number of ether oxygens (including phenoxy) is 2. The lowest BCUT2D eigenvalue weighted by Crippen LogP contribution is -2.27. The van der Waals surface area contributed by atoms with E-state index >= 15 is 0 Å². The van der Waals surface area contributed by atoms with Gasteiger partial charge in [0.15, 0.2) is 5.78 Å². The van der Waals surface area contributed by atoms with Gasteiger partial charge in [0.2, 0.25) is 0 Å². The summed E-state index contributed by atoms with van der Waals surface area (Å²) in [6.45, 7) is 2.14. The Morgan fingerprint density at radius 2 is 1.80 bits per heavy atom. The molecule has 1 aromatic carbocycles. The Bertz CT molecular complexity index is 478. The van der Waals surface area contributed by atoms with Crippen molar-refractivity contribution < 1.29 is 19.1 Å². The first-order chi connectivity index (χ1) is 9.67. The van der Waals surface area contributed by atoms with Crippen molar-refractivity contribution in [2.24, 2.45) is 11.8 Å². The van der Waals surface area contributed by atoms with Gasteiger partial charge in [-0.1, -0.05) is 6.42 Å². The second-order valence-electron chi connectivity index (χ2n) is 4.99. The Balaban J connectivity index is 2.12. The highest BCUT2D eigenvalue weighted by Gasteiger charge is 2.38. The van der Waals surface area contributed by atoms with Crippen LogP contribution < -0.4 is 4.74 Å². The van der Waals surface area contributed by atoms with E-state index in [1.54, 1.807) is 38.3 Å². The van der Waals surface area contributed by atoms with Crippen LogP contribution in [-0.4, -0.2) is 25.5 Å². The maximum atomic E-state index is 12.5. The first-order valence-electron chi connectivity index (χ1n) is 7.02. The first kappa shape index (κ1) is 14.6. The summed E-state index contributed by atoms with van der Waals surface area (Å²) in [6.07, 6.45) is 2.40. The molecular formula is C16H20O4. The number of hydrogen-bond acceptors (Lipinski definition) is 4.